The third-order valence-electron chi connectivity index (χ3n) is 4.05. The van der Waals surface area contributed by atoms with Gasteiger partial charge >= 0.3 is 0 Å². The zero-order valence-corrected chi connectivity index (χ0v) is 13.7. The van der Waals surface area contributed by atoms with Gasteiger partial charge in [-0.1, -0.05) is 46.3 Å². The lowest BCUT2D eigenvalue weighted by Crippen LogP contribution is -2.13. The molecule has 0 bridgehead atoms. The number of sulfone groups is 1. The van der Waals surface area contributed by atoms with E-state index in [9.17, 15) is 8.42 Å². The van der Waals surface area contributed by atoms with E-state index in [-0.39, 0.29) is 11.8 Å². The highest BCUT2D eigenvalue weighted by atomic mass is 79.9. The van der Waals surface area contributed by atoms with Gasteiger partial charge in [0.25, 0.3) is 0 Å². The second-order valence-electron chi connectivity index (χ2n) is 5.30. The summed E-state index contributed by atoms with van der Waals surface area (Å²) in [5.41, 5.74) is 6.82. The molecule has 3 atom stereocenters. The molecule has 2 aromatic rings. The SMILES string of the molecule is NC[C@@H]1[C@@H](c2ccc(Br)cc2)[C@H]1S(=O)(=O)c1ccccc1. The van der Waals surface area contributed by atoms with Crippen LogP contribution in [0.15, 0.2) is 64.0 Å². The van der Waals surface area contributed by atoms with Crippen molar-refractivity contribution in [2.45, 2.75) is 16.1 Å². The Morgan fingerprint density at radius 2 is 1.62 bits per heavy atom. The topological polar surface area (TPSA) is 60.2 Å². The zero-order chi connectivity index (χ0) is 15.0. The summed E-state index contributed by atoms with van der Waals surface area (Å²) in [7, 11) is -3.33. The summed E-state index contributed by atoms with van der Waals surface area (Å²) >= 11 is 3.40. The summed E-state index contributed by atoms with van der Waals surface area (Å²) in [5, 5.41) is -0.411. The molecule has 2 aromatic carbocycles. The van der Waals surface area contributed by atoms with Crippen molar-refractivity contribution in [1.82, 2.24) is 0 Å². The average Bonchev–Trinajstić information content (AvgIpc) is 3.24. The molecule has 5 heteroatoms. The standard InChI is InChI=1S/C16H16BrNO2S/c17-12-8-6-11(7-9-12)15-14(10-18)16(15)21(19,20)13-4-2-1-3-5-13/h1-9,14-16H,10,18H2/t14-,15-,16+/m1/s1. The maximum Gasteiger partial charge on any atom is 0.182 e. The van der Waals surface area contributed by atoms with E-state index in [1.54, 1.807) is 24.3 Å². The molecule has 0 heterocycles. The smallest absolute Gasteiger partial charge is 0.182 e. The van der Waals surface area contributed by atoms with Crippen LogP contribution in [-0.4, -0.2) is 20.2 Å². The molecule has 1 saturated carbocycles. The number of hydrogen-bond donors (Lipinski definition) is 1. The maximum atomic E-state index is 12.7. The van der Waals surface area contributed by atoms with Gasteiger partial charge in [-0.2, -0.15) is 0 Å². The van der Waals surface area contributed by atoms with Crippen molar-refractivity contribution in [3.05, 3.63) is 64.6 Å². The zero-order valence-electron chi connectivity index (χ0n) is 11.3. The summed E-state index contributed by atoms with van der Waals surface area (Å²) in [6.45, 7) is 0.386. The Hall–Kier alpha value is -1.17. The average molecular weight is 366 g/mol. The van der Waals surface area contributed by atoms with E-state index in [2.05, 4.69) is 15.9 Å². The molecule has 0 aliphatic heterocycles. The maximum absolute atomic E-state index is 12.7. The van der Waals surface area contributed by atoms with Crippen LogP contribution in [-0.2, 0) is 9.84 Å². The van der Waals surface area contributed by atoms with Crippen LogP contribution in [0.2, 0.25) is 0 Å². The molecule has 0 saturated heterocycles. The van der Waals surface area contributed by atoms with E-state index in [0.29, 0.717) is 11.4 Å². The third-order valence-corrected chi connectivity index (χ3v) is 6.87. The van der Waals surface area contributed by atoms with Gasteiger partial charge in [0.2, 0.25) is 0 Å². The molecule has 1 fully saturated rings. The van der Waals surface area contributed by atoms with Crippen molar-refractivity contribution in [2.75, 3.05) is 6.54 Å². The van der Waals surface area contributed by atoms with Gasteiger partial charge in [-0.25, -0.2) is 8.42 Å². The van der Waals surface area contributed by atoms with Gasteiger partial charge in [0.1, 0.15) is 0 Å². The minimum atomic E-state index is -3.33. The highest BCUT2D eigenvalue weighted by molar-refractivity contribution is 9.10. The number of rotatable bonds is 4. The Kier molecular flexibility index (Phi) is 3.90. The Bertz CT molecular complexity index is 729. The van der Waals surface area contributed by atoms with Crippen molar-refractivity contribution >= 4 is 25.8 Å². The van der Waals surface area contributed by atoms with Crippen LogP contribution in [0.25, 0.3) is 0 Å². The Morgan fingerprint density at radius 1 is 1.00 bits per heavy atom. The van der Waals surface area contributed by atoms with Crippen LogP contribution in [0.4, 0.5) is 0 Å². The molecule has 0 aromatic heterocycles. The van der Waals surface area contributed by atoms with Crippen molar-refractivity contribution in [1.29, 1.82) is 0 Å². The Morgan fingerprint density at radius 3 is 2.19 bits per heavy atom. The predicted octanol–water partition coefficient (Wildman–Crippen LogP) is 2.96. The largest absolute Gasteiger partial charge is 0.330 e. The molecular formula is C16H16BrNO2S. The van der Waals surface area contributed by atoms with Gasteiger partial charge in [-0.05, 0) is 42.3 Å². The summed E-state index contributed by atoms with van der Waals surface area (Å²) in [5.74, 6) is -0.00955. The molecule has 1 aliphatic carbocycles. The number of benzene rings is 2. The van der Waals surface area contributed by atoms with Crippen molar-refractivity contribution < 1.29 is 8.42 Å². The molecule has 21 heavy (non-hydrogen) atoms. The van der Waals surface area contributed by atoms with Gasteiger partial charge in [0.15, 0.2) is 9.84 Å². The van der Waals surface area contributed by atoms with Crippen molar-refractivity contribution in [3.63, 3.8) is 0 Å². The molecule has 0 unspecified atom stereocenters. The molecule has 1 aliphatic rings. The van der Waals surface area contributed by atoms with Gasteiger partial charge in [-0.15, -0.1) is 0 Å². The molecule has 0 amide bonds. The van der Waals surface area contributed by atoms with Crippen molar-refractivity contribution in [2.24, 2.45) is 11.7 Å². The highest BCUT2D eigenvalue weighted by Crippen LogP contribution is 2.53. The quantitative estimate of drug-likeness (QED) is 0.905. The lowest BCUT2D eigenvalue weighted by Gasteiger charge is -2.04. The molecule has 2 N–H and O–H groups in total. The number of nitrogens with two attached hydrogens (primary N) is 1. The lowest BCUT2D eigenvalue weighted by atomic mass is 10.1. The van der Waals surface area contributed by atoms with Crippen molar-refractivity contribution in [3.8, 4) is 0 Å². The first-order valence-corrected chi connectivity index (χ1v) is 9.14. The van der Waals surface area contributed by atoms with Crippen LogP contribution >= 0.6 is 15.9 Å². The monoisotopic (exact) mass is 365 g/mol. The van der Waals surface area contributed by atoms with Crippen LogP contribution < -0.4 is 5.73 Å². The second-order valence-corrected chi connectivity index (χ2v) is 8.32. The third kappa shape index (κ3) is 2.65. The van der Waals surface area contributed by atoms with E-state index in [0.717, 1.165) is 10.0 Å². The molecule has 3 nitrogen and oxygen atoms in total. The summed E-state index contributed by atoms with van der Waals surface area (Å²) in [6.07, 6.45) is 0. The van der Waals surface area contributed by atoms with E-state index < -0.39 is 15.1 Å². The molecular weight excluding hydrogens is 350 g/mol. The van der Waals surface area contributed by atoms with E-state index in [1.165, 1.54) is 0 Å². The fourth-order valence-electron chi connectivity index (χ4n) is 2.94. The van der Waals surface area contributed by atoms with Crippen LogP contribution in [0, 0.1) is 5.92 Å². The van der Waals surface area contributed by atoms with Crippen LogP contribution in [0.5, 0.6) is 0 Å². The minimum Gasteiger partial charge on any atom is -0.330 e. The highest BCUT2D eigenvalue weighted by Gasteiger charge is 2.57. The molecule has 0 spiro atoms. The van der Waals surface area contributed by atoms with Gasteiger partial charge in [0, 0.05) is 10.4 Å². The summed E-state index contributed by atoms with van der Waals surface area (Å²) in [6, 6.07) is 16.4. The van der Waals surface area contributed by atoms with E-state index in [1.807, 2.05) is 30.3 Å². The van der Waals surface area contributed by atoms with Gasteiger partial charge in [0.05, 0.1) is 10.1 Å². The molecule has 3 rings (SSSR count). The van der Waals surface area contributed by atoms with Crippen LogP contribution in [0.1, 0.15) is 11.5 Å². The predicted molar refractivity (Wildman–Crippen MR) is 86.8 cm³/mol. The van der Waals surface area contributed by atoms with E-state index >= 15 is 0 Å². The lowest BCUT2D eigenvalue weighted by molar-refractivity contribution is 0.591. The summed E-state index contributed by atoms with van der Waals surface area (Å²) in [4.78, 5) is 0.382. The Labute approximate surface area is 133 Å². The molecule has 0 radical (unpaired) electrons. The minimum absolute atomic E-state index is 0.00335. The normalized spacial score (nSPS) is 24.8. The Balaban J connectivity index is 1.94. The van der Waals surface area contributed by atoms with Crippen LogP contribution in [0.3, 0.4) is 0 Å². The first-order valence-electron chi connectivity index (χ1n) is 6.80. The first kappa shape index (κ1) is 14.8. The second kappa shape index (κ2) is 5.55. The molecule has 110 valence electrons. The van der Waals surface area contributed by atoms with Gasteiger partial charge in [-0.3, -0.25) is 0 Å². The first-order chi connectivity index (χ1) is 10.1. The summed E-state index contributed by atoms with van der Waals surface area (Å²) < 4.78 is 26.5. The van der Waals surface area contributed by atoms with E-state index in [4.69, 9.17) is 5.73 Å². The number of halogens is 1. The fourth-order valence-corrected chi connectivity index (χ4v) is 5.45. The number of hydrogen-bond acceptors (Lipinski definition) is 3. The van der Waals surface area contributed by atoms with Gasteiger partial charge < -0.3 is 5.73 Å². The fraction of sp³-hybridized carbons (Fsp3) is 0.250.